The fraction of sp³-hybridized carbons (Fsp3) is 0.214. The summed E-state index contributed by atoms with van der Waals surface area (Å²) in [6.45, 7) is 2.02. The lowest BCUT2D eigenvalue weighted by Gasteiger charge is -2.29. The lowest BCUT2D eigenvalue weighted by molar-refractivity contribution is -0.136. The molecule has 0 spiro atoms. The standard InChI is InChI=1S/C28H25ClN2O5/c29-18-4-10-21(11-5-18)36-22-12-13-24-23(16-22)27(28(34)35)25(17-26(32)33)31(24)20-8-6-19(7-9-20)30-14-2-1-3-15-30/h4-13,16H,1-3,14-15,17H2,(H,32,33)(H,34,35). The predicted octanol–water partition coefficient (Wildman–Crippen LogP) is 6.39. The number of aromatic nitrogens is 1. The van der Waals surface area contributed by atoms with E-state index in [1.54, 1.807) is 47.0 Å². The molecule has 1 aromatic heterocycles. The van der Waals surface area contributed by atoms with Crippen LogP contribution in [0, 0.1) is 0 Å². The van der Waals surface area contributed by atoms with Crippen molar-refractivity contribution in [1.29, 1.82) is 0 Å². The lowest BCUT2D eigenvalue weighted by atomic mass is 10.1. The molecule has 0 amide bonds. The molecule has 8 heteroatoms. The van der Waals surface area contributed by atoms with Gasteiger partial charge in [-0.2, -0.15) is 0 Å². The molecule has 1 saturated heterocycles. The van der Waals surface area contributed by atoms with E-state index in [4.69, 9.17) is 16.3 Å². The van der Waals surface area contributed by atoms with E-state index in [1.807, 2.05) is 24.3 Å². The van der Waals surface area contributed by atoms with Gasteiger partial charge in [0, 0.05) is 40.6 Å². The van der Waals surface area contributed by atoms with E-state index >= 15 is 0 Å². The Morgan fingerprint density at radius 1 is 0.833 bits per heavy atom. The second kappa shape index (κ2) is 9.95. The number of carbonyl (C=O) groups is 2. The van der Waals surface area contributed by atoms with Crippen molar-refractivity contribution in [1.82, 2.24) is 4.57 Å². The summed E-state index contributed by atoms with van der Waals surface area (Å²) >= 11 is 5.95. The molecule has 0 unspecified atom stereocenters. The van der Waals surface area contributed by atoms with E-state index in [2.05, 4.69) is 4.90 Å². The highest BCUT2D eigenvalue weighted by molar-refractivity contribution is 6.30. The number of anilines is 1. The Morgan fingerprint density at radius 3 is 2.11 bits per heavy atom. The van der Waals surface area contributed by atoms with E-state index in [0.717, 1.165) is 31.6 Å². The number of hydrogen-bond acceptors (Lipinski definition) is 4. The average molecular weight is 505 g/mol. The molecule has 1 fully saturated rings. The van der Waals surface area contributed by atoms with Gasteiger partial charge in [-0.25, -0.2) is 4.79 Å². The summed E-state index contributed by atoms with van der Waals surface area (Å²) in [5.74, 6) is -1.31. The molecule has 0 atom stereocenters. The summed E-state index contributed by atoms with van der Waals surface area (Å²) in [6.07, 6.45) is 3.13. The Labute approximate surface area is 213 Å². The van der Waals surface area contributed by atoms with Gasteiger partial charge in [-0.05, 0) is 86.0 Å². The number of aliphatic carboxylic acids is 1. The van der Waals surface area contributed by atoms with E-state index < -0.39 is 18.4 Å². The van der Waals surface area contributed by atoms with Crippen LogP contribution < -0.4 is 9.64 Å². The van der Waals surface area contributed by atoms with Gasteiger partial charge in [0.1, 0.15) is 11.5 Å². The molecule has 184 valence electrons. The zero-order valence-electron chi connectivity index (χ0n) is 19.5. The smallest absolute Gasteiger partial charge is 0.338 e. The molecule has 4 aromatic rings. The van der Waals surface area contributed by atoms with E-state index in [0.29, 0.717) is 33.1 Å². The van der Waals surface area contributed by atoms with Crippen molar-refractivity contribution < 1.29 is 24.5 Å². The minimum absolute atomic E-state index is 0.0472. The maximum absolute atomic E-state index is 12.4. The second-order valence-corrected chi connectivity index (χ2v) is 9.27. The molecular formula is C28H25ClN2O5. The quantitative estimate of drug-likeness (QED) is 0.303. The third-order valence-corrected chi connectivity index (χ3v) is 6.70. The van der Waals surface area contributed by atoms with Crippen molar-refractivity contribution in [2.45, 2.75) is 25.7 Å². The maximum atomic E-state index is 12.4. The van der Waals surface area contributed by atoms with Crippen molar-refractivity contribution in [2.75, 3.05) is 18.0 Å². The van der Waals surface area contributed by atoms with Gasteiger partial charge in [-0.15, -0.1) is 0 Å². The van der Waals surface area contributed by atoms with Crippen LogP contribution in [0.15, 0.2) is 66.7 Å². The van der Waals surface area contributed by atoms with Crippen molar-refractivity contribution in [2.24, 2.45) is 0 Å². The topological polar surface area (TPSA) is 92.0 Å². The van der Waals surface area contributed by atoms with Crippen LogP contribution in [0.1, 0.15) is 35.3 Å². The number of aromatic carboxylic acids is 1. The number of ether oxygens (including phenoxy) is 1. The number of carboxylic acid groups (broad SMARTS) is 2. The van der Waals surface area contributed by atoms with Gasteiger partial charge in [0.25, 0.3) is 0 Å². The monoisotopic (exact) mass is 504 g/mol. The number of nitrogens with zero attached hydrogens (tertiary/aromatic N) is 2. The highest BCUT2D eigenvalue weighted by Crippen LogP contribution is 2.35. The fourth-order valence-corrected chi connectivity index (χ4v) is 4.96. The third-order valence-electron chi connectivity index (χ3n) is 6.45. The Bertz CT molecular complexity index is 1420. The molecule has 0 aliphatic carbocycles. The molecule has 0 radical (unpaired) electrons. The number of piperidine rings is 1. The predicted molar refractivity (Wildman–Crippen MR) is 139 cm³/mol. The highest BCUT2D eigenvalue weighted by atomic mass is 35.5. The Balaban J connectivity index is 1.61. The average Bonchev–Trinajstić information content (AvgIpc) is 3.18. The molecule has 7 nitrogen and oxygen atoms in total. The van der Waals surface area contributed by atoms with Gasteiger partial charge >= 0.3 is 11.9 Å². The first-order valence-corrected chi connectivity index (χ1v) is 12.2. The third kappa shape index (κ3) is 4.75. The minimum Gasteiger partial charge on any atom is -0.481 e. The maximum Gasteiger partial charge on any atom is 0.338 e. The summed E-state index contributed by atoms with van der Waals surface area (Å²) < 4.78 is 7.63. The summed E-state index contributed by atoms with van der Waals surface area (Å²) in [5.41, 5.74) is 2.56. The molecule has 1 aliphatic rings. The van der Waals surface area contributed by atoms with E-state index in [1.165, 1.54) is 6.42 Å². The Kier molecular flexibility index (Phi) is 6.57. The number of carboxylic acids is 2. The number of hydrogen-bond donors (Lipinski definition) is 2. The normalized spacial score (nSPS) is 13.6. The summed E-state index contributed by atoms with van der Waals surface area (Å²) in [7, 11) is 0. The number of fused-ring (bicyclic) bond motifs is 1. The molecular weight excluding hydrogens is 480 g/mol. The van der Waals surface area contributed by atoms with Gasteiger partial charge in [0.05, 0.1) is 17.5 Å². The van der Waals surface area contributed by atoms with Crippen LogP contribution in [0.2, 0.25) is 5.02 Å². The van der Waals surface area contributed by atoms with Crippen LogP contribution in [0.5, 0.6) is 11.5 Å². The Hall–Kier alpha value is -3.97. The molecule has 1 aliphatic heterocycles. The van der Waals surface area contributed by atoms with Gasteiger partial charge < -0.3 is 24.4 Å². The van der Waals surface area contributed by atoms with E-state index in [-0.39, 0.29) is 11.3 Å². The first-order valence-electron chi connectivity index (χ1n) is 11.8. The molecule has 5 rings (SSSR count). The molecule has 3 aromatic carbocycles. The van der Waals surface area contributed by atoms with Crippen molar-refractivity contribution >= 4 is 40.1 Å². The van der Waals surface area contributed by atoms with Gasteiger partial charge in [-0.3, -0.25) is 4.79 Å². The number of halogens is 1. The van der Waals surface area contributed by atoms with Crippen LogP contribution in [0.4, 0.5) is 5.69 Å². The van der Waals surface area contributed by atoms with Crippen molar-refractivity contribution in [3.63, 3.8) is 0 Å². The fourth-order valence-electron chi connectivity index (χ4n) is 4.83. The number of benzene rings is 3. The molecule has 2 N–H and O–H groups in total. The molecule has 0 saturated carbocycles. The lowest BCUT2D eigenvalue weighted by Crippen LogP contribution is -2.29. The largest absolute Gasteiger partial charge is 0.481 e. The van der Waals surface area contributed by atoms with Gasteiger partial charge in [-0.1, -0.05) is 11.6 Å². The van der Waals surface area contributed by atoms with Crippen LogP contribution in [0.3, 0.4) is 0 Å². The number of rotatable bonds is 7. The van der Waals surface area contributed by atoms with Crippen LogP contribution in [0.25, 0.3) is 16.6 Å². The van der Waals surface area contributed by atoms with Crippen molar-refractivity contribution in [3.8, 4) is 17.2 Å². The van der Waals surface area contributed by atoms with Crippen molar-refractivity contribution in [3.05, 3.63) is 83.0 Å². The molecule has 2 heterocycles. The SMILES string of the molecule is O=C(O)Cc1c(C(=O)O)c2cc(Oc3ccc(Cl)cc3)ccc2n1-c1ccc(N2CCCCC2)cc1. The first-order chi connectivity index (χ1) is 17.4. The second-order valence-electron chi connectivity index (χ2n) is 8.83. The zero-order chi connectivity index (χ0) is 25.2. The zero-order valence-corrected chi connectivity index (χ0v) is 20.2. The molecule has 36 heavy (non-hydrogen) atoms. The van der Waals surface area contributed by atoms with Crippen LogP contribution >= 0.6 is 11.6 Å². The minimum atomic E-state index is -1.19. The van der Waals surface area contributed by atoms with E-state index in [9.17, 15) is 19.8 Å². The van der Waals surface area contributed by atoms with Gasteiger partial charge in [0.15, 0.2) is 0 Å². The first kappa shape index (κ1) is 23.8. The summed E-state index contributed by atoms with van der Waals surface area (Å²) in [4.78, 5) is 26.4. The van der Waals surface area contributed by atoms with Crippen LogP contribution in [-0.4, -0.2) is 39.8 Å². The summed E-state index contributed by atoms with van der Waals surface area (Å²) in [6, 6.07) is 19.8. The van der Waals surface area contributed by atoms with Gasteiger partial charge in [0.2, 0.25) is 0 Å². The Morgan fingerprint density at radius 2 is 1.47 bits per heavy atom. The molecule has 0 bridgehead atoms. The highest BCUT2D eigenvalue weighted by Gasteiger charge is 2.25. The summed E-state index contributed by atoms with van der Waals surface area (Å²) in [5, 5.41) is 20.7. The van der Waals surface area contributed by atoms with Crippen LogP contribution in [-0.2, 0) is 11.2 Å².